The number of hydrogen-bond donors (Lipinski definition) is 0. The summed E-state index contributed by atoms with van der Waals surface area (Å²) in [5.41, 5.74) is 3.30. The molecule has 2 heteroatoms. The Bertz CT molecular complexity index is 378. The van der Waals surface area contributed by atoms with E-state index in [1.54, 1.807) is 0 Å². The molecular formula is C14H20N2. The maximum absolute atomic E-state index is 4.55. The van der Waals surface area contributed by atoms with Crippen LogP contribution in [0.1, 0.15) is 18.9 Å². The van der Waals surface area contributed by atoms with E-state index in [0.29, 0.717) is 0 Å². The normalized spacial score (nSPS) is 11.3. The molecular weight excluding hydrogens is 196 g/mol. The van der Waals surface area contributed by atoms with Gasteiger partial charge in [0.1, 0.15) is 0 Å². The number of aliphatic imine (C=N–C) groups is 1. The van der Waals surface area contributed by atoms with Crippen LogP contribution in [0.5, 0.6) is 0 Å². The number of anilines is 1. The third kappa shape index (κ3) is 2.96. The lowest BCUT2D eigenvalue weighted by Crippen LogP contribution is -2.13. The number of rotatable bonds is 5. The van der Waals surface area contributed by atoms with Crippen LogP contribution in [0.2, 0.25) is 0 Å². The van der Waals surface area contributed by atoms with Crippen LogP contribution in [0.15, 0.2) is 41.9 Å². The molecule has 1 aromatic carbocycles. The minimum Gasteiger partial charge on any atom is -0.377 e. The van der Waals surface area contributed by atoms with Gasteiger partial charge in [0.2, 0.25) is 0 Å². The van der Waals surface area contributed by atoms with Gasteiger partial charge in [0, 0.05) is 31.9 Å². The van der Waals surface area contributed by atoms with Crippen LogP contribution < -0.4 is 4.90 Å². The van der Waals surface area contributed by atoms with Crippen molar-refractivity contribution in [3.63, 3.8) is 0 Å². The van der Waals surface area contributed by atoms with Crippen molar-refractivity contribution >= 4 is 11.4 Å². The summed E-state index contributed by atoms with van der Waals surface area (Å²) >= 11 is 0. The summed E-state index contributed by atoms with van der Waals surface area (Å²) < 4.78 is 0. The Morgan fingerprint density at radius 3 is 2.62 bits per heavy atom. The minimum absolute atomic E-state index is 0.850. The van der Waals surface area contributed by atoms with Crippen molar-refractivity contribution < 1.29 is 0 Å². The molecule has 1 rings (SSSR count). The lowest BCUT2D eigenvalue weighted by Gasteiger charge is -2.17. The number of nitrogens with zero attached hydrogens (tertiary/aromatic N) is 2. The first-order chi connectivity index (χ1) is 7.70. The van der Waals surface area contributed by atoms with Crippen molar-refractivity contribution in [3.05, 3.63) is 42.5 Å². The molecule has 0 saturated carbocycles. The third-order valence-corrected chi connectivity index (χ3v) is 2.36. The Morgan fingerprint density at radius 1 is 1.38 bits per heavy atom. The van der Waals surface area contributed by atoms with Gasteiger partial charge in [-0.3, -0.25) is 4.99 Å². The minimum atomic E-state index is 0.850. The fraction of sp³-hybridized carbons (Fsp3) is 0.357. The lowest BCUT2D eigenvalue weighted by molar-refractivity contribution is 0.933. The molecule has 0 radical (unpaired) electrons. The molecule has 1 aromatic rings. The fourth-order valence-electron chi connectivity index (χ4n) is 1.57. The molecule has 0 aromatic heterocycles. The number of benzene rings is 1. The molecule has 0 fully saturated rings. The molecule has 0 aliphatic rings. The predicted molar refractivity (Wildman–Crippen MR) is 72.7 cm³/mol. The van der Waals surface area contributed by atoms with Gasteiger partial charge in [-0.25, -0.2) is 0 Å². The lowest BCUT2D eigenvalue weighted by atomic mass is 10.1. The van der Waals surface area contributed by atoms with Gasteiger partial charge >= 0.3 is 0 Å². The van der Waals surface area contributed by atoms with Gasteiger partial charge in [0.15, 0.2) is 0 Å². The van der Waals surface area contributed by atoms with Gasteiger partial charge in [-0.2, -0.15) is 0 Å². The van der Waals surface area contributed by atoms with Crippen molar-refractivity contribution in [1.29, 1.82) is 0 Å². The van der Waals surface area contributed by atoms with E-state index in [-0.39, 0.29) is 0 Å². The second-order valence-corrected chi connectivity index (χ2v) is 3.88. The first-order valence-electron chi connectivity index (χ1n) is 5.64. The summed E-state index contributed by atoms with van der Waals surface area (Å²) in [5, 5.41) is 0. The molecule has 0 N–H and O–H groups in total. The predicted octanol–water partition coefficient (Wildman–Crippen LogP) is 3.14. The maximum Gasteiger partial charge on any atom is 0.0661 e. The Labute approximate surface area is 98.3 Å². The average molecular weight is 216 g/mol. The highest BCUT2D eigenvalue weighted by Crippen LogP contribution is 2.19. The monoisotopic (exact) mass is 216 g/mol. The highest BCUT2D eigenvalue weighted by molar-refractivity contribution is 6.12. The summed E-state index contributed by atoms with van der Waals surface area (Å²) in [6.07, 6.45) is 2.89. The van der Waals surface area contributed by atoms with Crippen LogP contribution in [0, 0.1) is 0 Å². The quantitative estimate of drug-likeness (QED) is 0.690. The maximum atomic E-state index is 4.55. The zero-order chi connectivity index (χ0) is 12.0. The zero-order valence-corrected chi connectivity index (χ0v) is 10.4. The standard InChI is InChI=1S/C14H20N2/c1-5-11-15-13(6-2)12-9-7-8-10-14(12)16(3)4/h6-10H,2,5,11H2,1,3-4H3/b15-13-. The molecule has 86 valence electrons. The Kier molecular flexibility index (Phi) is 4.77. The van der Waals surface area contributed by atoms with E-state index in [1.165, 1.54) is 5.69 Å². The van der Waals surface area contributed by atoms with Crippen molar-refractivity contribution in [2.45, 2.75) is 13.3 Å². The first kappa shape index (κ1) is 12.5. The van der Waals surface area contributed by atoms with Gasteiger partial charge in [-0.05, 0) is 18.6 Å². The number of allylic oxidation sites excluding steroid dienone is 1. The Balaban J connectivity index is 3.14. The van der Waals surface area contributed by atoms with Crippen molar-refractivity contribution in [1.82, 2.24) is 0 Å². The van der Waals surface area contributed by atoms with E-state index < -0.39 is 0 Å². The van der Waals surface area contributed by atoms with E-state index >= 15 is 0 Å². The molecule has 0 aliphatic heterocycles. The van der Waals surface area contributed by atoms with Gasteiger partial charge < -0.3 is 4.90 Å². The van der Waals surface area contributed by atoms with Crippen LogP contribution in [-0.2, 0) is 0 Å². The molecule has 0 atom stereocenters. The Hall–Kier alpha value is -1.57. The molecule has 0 heterocycles. The smallest absolute Gasteiger partial charge is 0.0661 e. The van der Waals surface area contributed by atoms with Gasteiger partial charge in [0.25, 0.3) is 0 Å². The average Bonchev–Trinajstić information content (AvgIpc) is 2.30. The summed E-state index contributed by atoms with van der Waals surface area (Å²) in [6.45, 7) is 6.82. The van der Waals surface area contributed by atoms with Crippen LogP contribution in [-0.4, -0.2) is 26.4 Å². The molecule has 0 saturated heterocycles. The van der Waals surface area contributed by atoms with E-state index in [9.17, 15) is 0 Å². The van der Waals surface area contributed by atoms with Gasteiger partial charge in [-0.1, -0.05) is 31.7 Å². The van der Waals surface area contributed by atoms with Crippen LogP contribution in [0.25, 0.3) is 0 Å². The van der Waals surface area contributed by atoms with E-state index in [2.05, 4.69) is 35.5 Å². The summed E-state index contributed by atoms with van der Waals surface area (Å²) in [7, 11) is 4.08. The molecule has 0 unspecified atom stereocenters. The number of hydrogen-bond acceptors (Lipinski definition) is 2. The highest BCUT2D eigenvalue weighted by atomic mass is 15.1. The fourth-order valence-corrected chi connectivity index (χ4v) is 1.57. The zero-order valence-electron chi connectivity index (χ0n) is 10.4. The molecule has 0 bridgehead atoms. The molecule has 0 aliphatic carbocycles. The first-order valence-corrected chi connectivity index (χ1v) is 5.64. The molecule has 0 spiro atoms. The van der Waals surface area contributed by atoms with E-state index in [0.717, 1.165) is 24.2 Å². The van der Waals surface area contributed by atoms with Crippen molar-refractivity contribution in [3.8, 4) is 0 Å². The summed E-state index contributed by atoms with van der Waals surface area (Å²) in [4.78, 5) is 6.64. The Morgan fingerprint density at radius 2 is 2.06 bits per heavy atom. The van der Waals surface area contributed by atoms with Crippen LogP contribution >= 0.6 is 0 Å². The largest absolute Gasteiger partial charge is 0.377 e. The van der Waals surface area contributed by atoms with Crippen LogP contribution in [0.4, 0.5) is 5.69 Å². The molecule has 0 amide bonds. The van der Waals surface area contributed by atoms with Gasteiger partial charge in [-0.15, -0.1) is 0 Å². The second-order valence-electron chi connectivity index (χ2n) is 3.88. The summed E-state index contributed by atoms with van der Waals surface area (Å²) in [6, 6.07) is 8.26. The third-order valence-electron chi connectivity index (χ3n) is 2.36. The molecule has 2 nitrogen and oxygen atoms in total. The topological polar surface area (TPSA) is 15.6 Å². The van der Waals surface area contributed by atoms with Crippen LogP contribution in [0.3, 0.4) is 0 Å². The van der Waals surface area contributed by atoms with Gasteiger partial charge in [0.05, 0.1) is 5.71 Å². The van der Waals surface area contributed by atoms with Crippen molar-refractivity contribution in [2.24, 2.45) is 4.99 Å². The highest BCUT2D eigenvalue weighted by Gasteiger charge is 2.06. The van der Waals surface area contributed by atoms with Crippen molar-refractivity contribution in [2.75, 3.05) is 25.5 Å². The summed E-state index contributed by atoms with van der Waals surface area (Å²) in [5.74, 6) is 0. The SMILES string of the molecule is C=C/C(=N/CCC)c1ccccc1N(C)C. The second kappa shape index (κ2) is 6.11. The van der Waals surface area contributed by atoms with E-state index in [1.807, 2.05) is 32.3 Å². The van der Waals surface area contributed by atoms with E-state index in [4.69, 9.17) is 0 Å². The molecule has 16 heavy (non-hydrogen) atoms. The number of para-hydroxylation sites is 1.